The standard InChI is InChI=1S/C28H21N3O/c1-32-21-15-13-19(14-16-21)27-17-29-30-31(27)18-20-7-6-12-26-24-9-3-2-8-22(24)23-10-4-5-11-25(23)28(20)26/h2-17H,18H2,1H3. The molecule has 0 saturated heterocycles. The van der Waals surface area contributed by atoms with E-state index in [2.05, 4.69) is 77.0 Å². The van der Waals surface area contributed by atoms with Crippen molar-refractivity contribution in [3.8, 4) is 17.0 Å². The SMILES string of the molecule is COc1ccc(-c2cnnn2Cc2cccc3c4ccccc4c4ccccc4c23)cc1. The summed E-state index contributed by atoms with van der Waals surface area (Å²) in [5, 5.41) is 16.3. The summed E-state index contributed by atoms with van der Waals surface area (Å²) in [4.78, 5) is 0. The van der Waals surface area contributed by atoms with Crippen molar-refractivity contribution < 1.29 is 4.74 Å². The second-order valence-corrected chi connectivity index (χ2v) is 7.94. The molecule has 6 aromatic rings. The van der Waals surface area contributed by atoms with Gasteiger partial charge in [0.15, 0.2) is 0 Å². The summed E-state index contributed by atoms with van der Waals surface area (Å²) in [7, 11) is 1.68. The molecule has 0 amide bonds. The fourth-order valence-electron chi connectivity index (χ4n) is 4.68. The first-order chi connectivity index (χ1) is 15.8. The van der Waals surface area contributed by atoms with Crippen molar-refractivity contribution in [2.45, 2.75) is 6.54 Å². The second kappa shape index (κ2) is 7.50. The lowest BCUT2D eigenvalue weighted by Gasteiger charge is -2.15. The van der Waals surface area contributed by atoms with Gasteiger partial charge < -0.3 is 4.74 Å². The van der Waals surface area contributed by atoms with Gasteiger partial charge in [-0.05, 0) is 62.1 Å². The Balaban J connectivity index is 1.55. The molecule has 0 spiro atoms. The molecular formula is C28H21N3O. The Bertz CT molecular complexity index is 1540. The normalized spacial score (nSPS) is 11.4. The molecule has 1 heterocycles. The van der Waals surface area contributed by atoms with Crippen LogP contribution in [0.1, 0.15) is 5.56 Å². The molecule has 0 N–H and O–H groups in total. The van der Waals surface area contributed by atoms with Gasteiger partial charge in [0.1, 0.15) is 5.75 Å². The quantitative estimate of drug-likeness (QED) is 0.310. The van der Waals surface area contributed by atoms with Crippen molar-refractivity contribution in [1.29, 1.82) is 0 Å². The van der Waals surface area contributed by atoms with Crippen molar-refractivity contribution in [1.82, 2.24) is 15.0 Å². The minimum atomic E-state index is 0.640. The van der Waals surface area contributed by atoms with E-state index in [9.17, 15) is 0 Å². The fraction of sp³-hybridized carbons (Fsp3) is 0.0714. The maximum Gasteiger partial charge on any atom is 0.118 e. The topological polar surface area (TPSA) is 39.9 Å². The summed E-state index contributed by atoms with van der Waals surface area (Å²) in [5.74, 6) is 0.833. The number of ether oxygens (including phenoxy) is 1. The van der Waals surface area contributed by atoms with E-state index in [0.29, 0.717) is 6.54 Å². The maximum absolute atomic E-state index is 5.30. The predicted molar refractivity (Wildman–Crippen MR) is 130 cm³/mol. The lowest BCUT2D eigenvalue weighted by Crippen LogP contribution is -2.05. The third-order valence-electron chi connectivity index (χ3n) is 6.18. The number of aromatic nitrogens is 3. The second-order valence-electron chi connectivity index (χ2n) is 7.94. The number of nitrogens with zero attached hydrogens (tertiary/aromatic N) is 3. The van der Waals surface area contributed by atoms with E-state index >= 15 is 0 Å². The Labute approximate surface area is 185 Å². The molecule has 0 unspecified atom stereocenters. The molecule has 154 valence electrons. The van der Waals surface area contributed by atoms with E-state index in [1.165, 1.54) is 37.9 Å². The van der Waals surface area contributed by atoms with Gasteiger partial charge >= 0.3 is 0 Å². The van der Waals surface area contributed by atoms with Crippen LogP contribution in [0.5, 0.6) is 5.75 Å². The molecule has 5 aromatic carbocycles. The molecular weight excluding hydrogens is 394 g/mol. The molecule has 1 aromatic heterocycles. The lowest BCUT2D eigenvalue weighted by atomic mass is 9.92. The molecule has 0 aliphatic heterocycles. The molecule has 0 fully saturated rings. The van der Waals surface area contributed by atoms with Crippen LogP contribution in [0.25, 0.3) is 43.6 Å². The third kappa shape index (κ3) is 2.92. The van der Waals surface area contributed by atoms with Crippen LogP contribution in [0.4, 0.5) is 0 Å². The van der Waals surface area contributed by atoms with E-state index < -0.39 is 0 Å². The largest absolute Gasteiger partial charge is 0.497 e. The van der Waals surface area contributed by atoms with Crippen molar-refractivity contribution in [3.63, 3.8) is 0 Å². The van der Waals surface area contributed by atoms with E-state index in [-0.39, 0.29) is 0 Å². The van der Waals surface area contributed by atoms with Gasteiger partial charge in [-0.15, -0.1) is 5.10 Å². The first-order valence-corrected chi connectivity index (χ1v) is 10.7. The lowest BCUT2D eigenvalue weighted by molar-refractivity contribution is 0.415. The number of hydrogen-bond acceptors (Lipinski definition) is 3. The first kappa shape index (κ1) is 18.6. The molecule has 0 saturated carbocycles. The summed E-state index contributed by atoms with van der Waals surface area (Å²) in [6, 6.07) is 31.9. The smallest absolute Gasteiger partial charge is 0.118 e. The molecule has 0 bridgehead atoms. The summed E-state index contributed by atoms with van der Waals surface area (Å²) in [6.07, 6.45) is 1.82. The summed E-state index contributed by atoms with van der Waals surface area (Å²) in [6.45, 7) is 0.640. The number of methoxy groups -OCH3 is 1. The highest BCUT2D eigenvalue weighted by Gasteiger charge is 2.14. The molecule has 0 aliphatic rings. The molecule has 0 aliphatic carbocycles. The number of hydrogen-bond donors (Lipinski definition) is 0. The van der Waals surface area contributed by atoms with E-state index in [0.717, 1.165) is 17.0 Å². The minimum Gasteiger partial charge on any atom is -0.497 e. The highest BCUT2D eigenvalue weighted by molar-refractivity contribution is 6.26. The molecule has 4 heteroatoms. The van der Waals surface area contributed by atoms with Gasteiger partial charge in [0.2, 0.25) is 0 Å². The summed E-state index contributed by atoms with van der Waals surface area (Å²) < 4.78 is 7.27. The fourth-order valence-corrected chi connectivity index (χ4v) is 4.68. The van der Waals surface area contributed by atoms with Crippen molar-refractivity contribution >= 4 is 32.3 Å². The van der Waals surface area contributed by atoms with Crippen molar-refractivity contribution in [2.75, 3.05) is 7.11 Å². The number of benzene rings is 5. The summed E-state index contributed by atoms with van der Waals surface area (Å²) >= 11 is 0. The Morgan fingerprint density at radius 1 is 0.688 bits per heavy atom. The van der Waals surface area contributed by atoms with E-state index in [4.69, 9.17) is 4.74 Å². The molecule has 6 rings (SSSR count). The van der Waals surface area contributed by atoms with Gasteiger partial charge in [0, 0.05) is 5.56 Å². The summed E-state index contributed by atoms with van der Waals surface area (Å²) in [5.41, 5.74) is 3.27. The Hall–Kier alpha value is -4.18. The Morgan fingerprint density at radius 3 is 1.94 bits per heavy atom. The van der Waals surface area contributed by atoms with Crippen molar-refractivity contribution in [3.05, 3.63) is 103 Å². The van der Waals surface area contributed by atoms with Gasteiger partial charge in [0.25, 0.3) is 0 Å². The van der Waals surface area contributed by atoms with Gasteiger partial charge in [0.05, 0.1) is 25.5 Å². The Kier molecular flexibility index (Phi) is 4.36. The first-order valence-electron chi connectivity index (χ1n) is 10.7. The molecule has 32 heavy (non-hydrogen) atoms. The van der Waals surface area contributed by atoms with Crippen LogP contribution >= 0.6 is 0 Å². The van der Waals surface area contributed by atoms with Crippen molar-refractivity contribution in [2.24, 2.45) is 0 Å². The average Bonchev–Trinajstić information content (AvgIpc) is 3.32. The van der Waals surface area contributed by atoms with Crippen LogP contribution in [0.3, 0.4) is 0 Å². The Morgan fingerprint density at radius 2 is 1.28 bits per heavy atom. The van der Waals surface area contributed by atoms with Crippen LogP contribution in [-0.2, 0) is 6.54 Å². The van der Waals surface area contributed by atoms with Crippen LogP contribution in [0, 0.1) is 0 Å². The zero-order valence-corrected chi connectivity index (χ0v) is 17.7. The number of fused-ring (bicyclic) bond motifs is 6. The van der Waals surface area contributed by atoms with Gasteiger partial charge in [-0.3, -0.25) is 0 Å². The van der Waals surface area contributed by atoms with Gasteiger partial charge in [-0.25, -0.2) is 4.68 Å². The van der Waals surface area contributed by atoms with Gasteiger partial charge in [-0.2, -0.15) is 0 Å². The highest BCUT2D eigenvalue weighted by atomic mass is 16.5. The zero-order chi connectivity index (χ0) is 21.5. The minimum absolute atomic E-state index is 0.640. The highest BCUT2D eigenvalue weighted by Crippen LogP contribution is 2.37. The molecule has 4 nitrogen and oxygen atoms in total. The van der Waals surface area contributed by atoms with Gasteiger partial charge in [-0.1, -0.05) is 71.9 Å². The van der Waals surface area contributed by atoms with Crippen LogP contribution in [-0.4, -0.2) is 22.1 Å². The monoisotopic (exact) mass is 415 g/mol. The maximum atomic E-state index is 5.30. The zero-order valence-electron chi connectivity index (χ0n) is 17.7. The van der Waals surface area contributed by atoms with E-state index in [1.807, 2.05) is 35.1 Å². The van der Waals surface area contributed by atoms with Crippen LogP contribution < -0.4 is 4.74 Å². The molecule has 0 radical (unpaired) electrons. The molecule has 0 atom stereocenters. The van der Waals surface area contributed by atoms with Crippen LogP contribution in [0.15, 0.2) is 97.2 Å². The predicted octanol–water partition coefficient (Wildman–Crippen LogP) is 6.46. The third-order valence-corrected chi connectivity index (χ3v) is 6.18. The van der Waals surface area contributed by atoms with E-state index in [1.54, 1.807) is 7.11 Å². The average molecular weight is 415 g/mol. The van der Waals surface area contributed by atoms with Crippen LogP contribution in [0.2, 0.25) is 0 Å². The number of rotatable bonds is 4.